The standard InChI is InChI=1S/C20H21N5O2/c1-12-7-14(8-13(2)18(12)26)10-25-6-3-16-15(11-25)20(27)24-19(23-16)17-9-21-4-5-22-17/h4-5,7-9,26H,3,6,10-11H2,1-2H3,(H,23,24,27). The van der Waals surface area contributed by atoms with Crippen LogP contribution in [0.1, 0.15) is 27.9 Å². The average Bonchev–Trinajstić information content (AvgIpc) is 2.67. The van der Waals surface area contributed by atoms with E-state index in [-0.39, 0.29) is 5.56 Å². The van der Waals surface area contributed by atoms with Gasteiger partial charge in [0.15, 0.2) is 5.82 Å². The van der Waals surface area contributed by atoms with E-state index in [2.05, 4.69) is 24.8 Å². The Balaban J connectivity index is 1.58. The number of hydrogen-bond acceptors (Lipinski definition) is 6. The van der Waals surface area contributed by atoms with Gasteiger partial charge in [0.25, 0.3) is 5.56 Å². The number of benzene rings is 1. The van der Waals surface area contributed by atoms with E-state index in [1.807, 2.05) is 26.0 Å². The van der Waals surface area contributed by atoms with E-state index < -0.39 is 0 Å². The molecule has 4 rings (SSSR count). The number of nitrogens with zero attached hydrogens (tertiary/aromatic N) is 4. The Bertz CT molecular complexity index is 1020. The molecule has 0 saturated heterocycles. The Kier molecular flexibility index (Phi) is 4.45. The maximum absolute atomic E-state index is 12.6. The summed E-state index contributed by atoms with van der Waals surface area (Å²) >= 11 is 0. The molecule has 0 atom stereocenters. The number of nitrogens with one attached hydrogen (secondary N) is 1. The van der Waals surface area contributed by atoms with Crippen molar-refractivity contribution in [2.75, 3.05) is 6.54 Å². The highest BCUT2D eigenvalue weighted by molar-refractivity contribution is 5.47. The summed E-state index contributed by atoms with van der Waals surface area (Å²) in [6.07, 6.45) is 5.47. The summed E-state index contributed by atoms with van der Waals surface area (Å²) in [4.78, 5) is 30.5. The lowest BCUT2D eigenvalue weighted by atomic mass is 10.0. The van der Waals surface area contributed by atoms with Crippen molar-refractivity contribution in [2.45, 2.75) is 33.4 Å². The molecule has 3 aromatic rings. The van der Waals surface area contributed by atoms with Crippen molar-refractivity contribution in [3.8, 4) is 17.3 Å². The number of H-pyrrole nitrogens is 1. The Labute approximate surface area is 156 Å². The summed E-state index contributed by atoms with van der Waals surface area (Å²) in [5.41, 5.74) is 4.85. The second-order valence-electron chi connectivity index (χ2n) is 6.97. The smallest absolute Gasteiger partial charge is 0.255 e. The number of aromatic hydroxyl groups is 1. The molecule has 0 bridgehead atoms. The van der Waals surface area contributed by atoms with Crippen molar-refractivity contribution in [2.24, 2.45) is 0 Å². The van der Waals surface area contributed by atoms with E-state index in [1.165, 1.54) is 0 Å². The van der Waals surface area contributed by atoms with Gasteiger partial charge in [-0.3, -0.25) is 14.7 Å². The molecule has 1 aliphatic rings. The molecule has 3 heterocycles. The van der Waals surface area contributed by atoms with Crippen LogP contribution in [-0.2, 0) is 19.5 Å². The zero-order valence-corrected chi connectivity index (χ0v) is 15.4. The van der Waals surface area contributed by atoms with Gasteiger partial charge in [0, 0.05) is 38.4 Å². The minimum atomic E-state index is -0.122. The van der Waals surface area contributed by atoms with Gasteiger partial charge in [0.1, 0.15) is 11.4 Å². The zero-order chi connectivity index (χ0) is 19.0. The van der Waals surface area contributed by atoms with Gasteiger partial charge >= 0.3 is 0 Å². The first kappa shape index (κ1) is 17.4. The van der Waals surface area contributed by atoms with E-state index >= 15 is 0 Å². The van der Waals surface area contributed by atoms with Gasteiger partial charge in [0.2, 0.25) is 0 Å². The maximum atomic E-state index is 12.6. The van der Waals surface area contributed by atoms with Crippen LogP contribution < -0.4 is 5.56 Å². The van der Waals surface area contributed by atoms with Crippen LogP contribution in [0.15, 0.2) is 35.5 Å². The molecule has 1 aliphatic heterocycles. The first-order valence-electron chi connectivity index (χ1n) is 8.91. The molecule has 0 unspecified atom stereocenters. The Morgan fingerprint density at radius 3 is 2.70 bits per heavy atom. The summed E-state index contributed by atoms with van der Waals surface area (Å²) in [6.45, 7) is 5.91. The molecule has 2 N–H and O–H groups in total. The van der Waals surface area contributed by atoms with Crippen LogP contribution in [0, 0.1) is 13.8 Å². The average molecular weight is 363 g/mol. The van der Waals surface area contributed by atoms with Crippen LogP contribution in [0.25, 0.3) is 11.5 Å². The van der Waals surface area contributed by atoms with Gasteiger partial charge in [-0.2, -0.15) is 0 Å². The van der Waals surface area contributed by atoms with Crippen LogP contribution >= 0.6 is 0 Å². The normalized spacial score (nSPS) is 14.1. The quantitative estimate of drug-likeness (QED) is 0.740. The topological polar surface area (TPSA) is 95.0 Å². The van der Waals surface area contributed by atoms with Crippen LogP contribution in [0.5, 0.6) is 5.75 Å². The predicted octanol–water partition coefficient (Wildman–Crippen LogP) is 2.11. The molecule has 0 radical (unpaired) electrons. The van der Waals surface area contributed by atoms with Gasteiger partial charge in [-0.05, 0) is 30.5 Å². The summed E-state index contributed by atoms with van der Waals surface area (Å²) in [6, 6.07) is 4.00. The van der Waals surface area contributed by atoms with Crippen LogP contribution in [0.4, 0.5) is 0 Å². The van der Waals surface area contributed by atoms with Crippen LogP contribution in [0.2, 0.25) is 0 Å². The number of fused-ring (bicyclic) bond motifs is 1. The summed E-state index contributed by atoms with van der Waals surface area (Å²) < 4.78 is 0. The van der Waals surface area contributed by atoms with Gasteiger partial charge in [-0.15, -0.1) is 0 Å². The molecule has 7 nitrogen and oxygen atoms in total. The second kappa shape index (κ2) is 6.92. The van der Waals surface area contributed by atoms with Crippen molar-refractivity contribution in [1.29, 1.82) is 0 Å². The fourth-order valence-corrected chi connectivity index (χ4v) is 3.55. The molecule has 138 valence electrons. The molecule has 27 heavy (non-hydrogen) atoms. The molecular weight excluding hydrogens is 342 g/mol. The third-order valence-corrected chi connectivity index (χ3v) is 4.91. The summed E-state index contributed by atoms with van der Waals surface area (Å²) in [5, 5.41) is 9.95. The number of hydrogen-bond donors (Lipinski definition) is 2. The Morgan fingerprint density at radius 1 is 1.22 bits per heavy atom. The summed E-state index contributed by atoms with van der Waals surface area (Å²) in [7, 11) is 0. The lowest BCUT2D eigenvalue weighted by Crippen LogP contribution is -2.35. The number of phenolic OH excluding ortho intramolecular Hbond substituents is 1. The van der Waals surface area contributed by atoms with E-state index in [0.717, 1.165) is 35.5 Å². The number of aromatic amines is 1. The minimum Gasteiger partial charge on any atom is -0.507 e. The largest absolute Gasteiger partial charge is 0.507 e. The molecular formula is C20H21N5O2. The SMILES string of the molecule is Cc1cc(CN2CCc3nc(-c4cnccn4)[nH]c(=O)c3C2)cc(C)c1O. The van der Waals surface area contributed by atoms with Crippen molar-refractivity contribution in [3.05, 3.63) is 69.0 Å². The Morgan fingerprint density at radius 2 is 2.00 bits per heavy atom. The molecule has 0 spiro atoms. The third kappa shape index (κ3) is 3.46. The van der Waals surface area contributed by atoms with E-state index in [4.69, 9.17) is 0 Å². The minimum absolute atomic E-state index is 0.122. The van der Waals surface area contributed by atoms with E-state index in [1.54, 1.807) is 18.6 Å². The molecule has 7 heteroatoms. The lowest BCUT2D eigenvalue weighted by molar-refractivity contribution is 0.241. The maximum Gasteiger partial charge on any atom is 0.255 e. The first-order chi connectivity index (χ1) is 13.0. The van der Waals surface area contributed by atoms with Crippen LogP contribution in [0.3, 0.4) is 0 Å². The van der Waals surface area contributed by atoms with Gasteiger partial charge in [0.05, 0.1) is 17.5 Å². The van der Waals surface area contributed by atoms with Gasteiger partial charge < -0.3 is 10.1 Å². The number of rotatable bonds is 3. The lowest BCUT2D eigenvalue weighted by Gasteiger charge is -2.28. The fourth-order valence-electron chi connectivity index (χ4n) is 3.55. The molecule has 0 fully saturated rings. The fraction of sp³-hybridized carbons (Fsp3) is 0.300. The number of phenols is 1. The van der Waals surface area contributed by atoms with Crippen molar-refractivity contribution in [1.82, 2.24) is 24.8 Å². The third-order valence-electron chi connectivity index (χ3n) is 4.91. The first-order valence-corrected chi connectivity index (χ1v) is 8.91. The van der Waals surface area contributed by atoms with Crippen LogP contribution in [-0.4, -0.2) is 36.5 Å². The molecule has 1 aromatic carbocycles. The Hall–Kier alpha value is -3.06. The van der Waals surface area contributed by atoms with Crippen molar-refractivity contribution in [3.63, 3.8) is 0 Å². The van der Waals surface area contributed by atoms with Crippen molar-refractivity contribution >= 4 is 0 Å². The van der Waals surface area contributed by atoms with Gasteiger partial charge in [-0.25, -0.2) is 9.97 Å². The molecule has 2 aromatic heterocycles. The summed E-state index contributed by atoms with van der Waals surface area (Å²) in [5.74, 6) is 0.810. The number of aryl methyl sites for hydroxylation is 2. The van der Waals surface area contributed by atoms with E-state index in [0.29, 0.717) is 35.8 Å². The number of aromatic nitrogens is 4. The highest BCUT2D eigenvalue weighted by atomic mass is 16.3. The molecule has 0 aliphatic carbocycles. The molecule has 0 saturated carbocycles. The monoisotopic (exact) mass is 363 g/mol. The van der Waals surface area contributed by atoms with Gasteiger partial charge in [-0.1, -0.05) is 12.1 Å². The highest BCUT2D eigenvalue weighted by Crippen LogP contribution is 2.25. The van der Waals surface area contributed by atoms with E-state index in [9.17, 15) is 9.90 Å². The van der Waals surface area contributed by atoms with Crippen molar-refractivity contribution < 1.29 is 5.11 Å². The predicted molar refractivity (Wildman–Crippen MR) is 101 cm³/mol. The zero-order valence-electron chi connectivity index (χ0n) is 15.4. The second-order valence-corrected chi connectivity index (χ2v) is 6.97. The molecule has 0 amide bonds. The highest BCUT2D eigenvalue weighted by Gasteiger charge is 2.22.